The van der Waals surface area contributed by atoms with Crippen molar-refractivity contribution in [2.45, 2.75) is 31.7 Å². The normalized spacial score (nSPS) is 30.9. The average molecular weight is 358 g/mol. The van der Waals surface area contributed by atoms with Crippen LogP contribution in [0.5, 0.6) is 0 Å². The van der Waals surface area contributed by atoms with E-state index in [9.17, 15) is 14.6 Å². The Labute approximate surface area is 134 Å². The lowest BCUT2D eigenvalue weighted by atomic mass is 10.0. The molecule has 9 heteroatoms. The van der Waals surface area contributed by atoms with Crippen LogP contribution >= 0.6 is 18.3 Å². The van der Waals surface area contributed by atoms with Crippen molar-refractivity contribution in [1.82, 2.24) is 0 Å². The maximum Gasteiger partial charge on any atom is 0.472 e. The van der Waals surface area contributed by atoms with Crippen LogP contribution in [-0.2, 0) is 23.1 Å². The van der Waals surface area contributed by atoms with Crippen molar-refractivity contribution in [2.75, 3.05) is 38.9 Å². The van der Waals surface area contributed by atoms with E-state index < -0.39 is 13.9 Å². The monoisotopic (exact) mass is 358 g/mol. The van der Waals surface area contributed by atoms with Gasteiger partial charge in [0.1, 0.15) is 0 Å². The first kappa shape index (κ1) is 20.3. The molecule has 1 saturated heterocycles. The predicted octanol–water partition coefficient (Wildman–Crippen LogP) is 1.25. The Morgan fingerprint density at radius 1 is 1.50 bits per heavy atom. The largest absolute Gasteiger partial charge is 0.472 e. The number of methoxy groups -OCH3 is 1. The van der Waals surface area contributed by atoms with E-state index in [4.69, 9.17) is 18.5 Å². The summed E-state index contributed by atoms with van der Waals surface area (Å²) in [6, 6.07) is 0. The summed E-state index contributed by atoms with van der Waals surface area (Å²) in [5, 5.41) is 9.26. The summed E-state index contributed by atoms with van der Waals surface area (Å²) >= 11 is 0. The van der Waals surface area contributed by atoms with Gasteiger partial charge in [0.2, 0.25) is 0 Å². The van der Waals surface area contributed by atoms with Crippen molar-refractivity contribution >= 4 is 24.2 Å². The van der Waals surface area contributed by atoms with Crippen LogP contribution in [0.1, 0.15) is 13.3 Å². The highest BCUT2D eigenvalue weighted by Gasteiger charge is 2.35. The van der Waals surface area contributed by atoms with Gasteiger partial charge in [-0.2, -0.15) is 10.5 Å². The highest BCUT2D eigenvalue weighted by molar-refractivity contribution is 8.13. The molecule has 0 aromatic rings. The fourth-order valence-corrected chi connectivity index (χ4v) is 3.93. The zero-order chi connectivity index (χ0) is 16.8. The molecule has 0 aliphatic carbocycles. The first-order valence-electron chi connectivity index (χ1n) is 7.10. The Hall–Kier alpha value is 0.210. The van der Waals surface area contributed by atoms with Gasteiger partial charge < -0.3 is 19.5 Å². The van der Waals surface area contributed by atoms with Crippen LogP contribution in [0.25, 0.3) is 0 Å². The lowest BCUT2D eigenvalue weighted by molar-refractivity contribution is -0.00856. The molecule has 1 aliphatic heterocycles. The van der Waals surface area contributed by atoms with Crippen LogP contribution in [-0.4, -0.2) is 73.1 Å². The summed E-state index contributed by atoms with van der Waals surface area (Å²) in [4.78, 5) is 9.70. The number of rotatable bonds is 10. The minimum Gasteiger partial charge on any atom is -0.396 e. The van der Waals surface area contributed by atoms with Gasteiger partial charge in [0, 0.05) is 25.4 Å². The van der Waals surface area contributed by atoms with Crippen LogP contribution in [0.15, 0.2) is 0 Å². The Morgan fingerprint density at radius 2 is 2.18 bits per heavy atom. The van der Waals surface area contributed by atoms with E-state index in [0.29, 0.717) is 12.2 Å². The van der Waals surface area contributed by atoms with Crippen LogP contribution in [0.3, 0.4) is 0 Å². The highest BCUT2D eigenvalue weighted by Crippen LogP contribution is 2.44. The Kier molecular flexibility index (Phi) is 8.74. The van der Waals surface area contributed by atoms with Gasteiger partial charge >= 0.3 is 7.82 Å². The van der Waals surface area contributed by atoms with Crippen molar-refractivity contribution in [1.29, 1.82) is 0 Å². The molecule has 1 aliphatic rings. The Bertz CT molecular complexity index is 406. The number of phosphoric acid groups is 1. The van der Waals surface area contributed by atoms with Gasteiger partial charge in [-0.25, -0.2) is 4.57 Å². The van der Waals surface area contributed by atoms with Crippen molar-refractivity contribution in [3.05, 3.63) is 0 Å². The van der Waals surface area contributed by atoms with Crippen molar-refractivity contribution < 1.29 is 33.1 Å². The minimum absolute atomic E-state index is 0.00199. The molecule has 3 unspecified atom stereocenters. The molecule has 6 atom stereocenters. The number of aliphatic hydroxyl groups excluding tert-OH is 1. The third-order valence-corrected chi connectivity index (χ3v) is 5.32. The van der Waals surface area contributed by atoms with Crippen molar-refractivity contribution in [2.24, 2.45) is 5.92 Å². The minimum atomic E-state index is -4.17. The summed E-state index contributed by atoms with van der Waals surface area (Å²) in [7, 11) is -2.76. The zero-order valence-electron chi connectivity index (χ0n) is 13.3. The van der Waals surface area contributed by atoms with Gasteiger partial charge in [-0.3, -0.25) is 9.05 Å². The van der Waals surface area contributed by atoms with Crippen LogP contribution in [0.2, 0.25) is 0 Å². The van der Waals surface area contributed by atoms with E-state index in [1.807, 2.05) is 13.2 Å². The summed E-state index contributed by atoms with van der Waals surface area (Å²) < 4.78 is 32.6. The molecule has 1 heterocycles. The number of hydrogen-bond donors (Lipinski definition) is 2. The molecule has 0 saturated carbocycles. The Morgan fingerprint density at radius 3 is 2.73 bits per heavy atom. The third kappa shape index (κ3) is 7.19. The number of aliphatic hydroxyl groups is 1. The maximum absolute atomic E-state index is 11.9. The second-order valence-corrected chi connectivity index (χ2v) is 8.88. The summed E-state index contributed by atoms with van der Waals surface area (Å²) in [5.41, 5.74) is 0. The molecule has 7 nitrogen and oxygen atoms in total. The molecule has 0 spiro atoms. The van der Waals surface area contributed by atoms with E-state index in [-0.39, 0.29) is 48.4 Å². The van der Waals surface area contributed by atoms with Crippen LogP contribution in [0, 0.1) is 5.92 Å². The van der Waals surface area contributed by atoms with E-state index in [2.05, 4.69) is 5.87 Å². The smallest absolute Gasteiger partial charge is 0.396 e. The number of hydrogen-bond acceptors (Lipinski definition) is 6. The quantitative estimate of drug-likeness (QED) is 0.448. The molecule has 2 N–H and O–H groups in total. The zero-order valence-corrected chi connectivity index (χ0v) is 15.1. The lowest BCUT2D eigenvalue weighted by Gasteiger charge is -2.21. The molecule has 0 radical (unpaired) electrons. The summed E-state index contributed by atoms with van der Waals surface area (Å²) in [6.07, 6.45) is 1.96. The SMILES string of the molecule is C=S(C)CC(COP(=O)(O)OC[C@H]1O[C@@H](C)C[C@@H]1CO)OC. The van der Waals surface area contributed by atoms with E-state index in [0.717, 1.165) is 0 Å². The number of ether oxygens (including phenoxy) is 2. The third-order valence-electron chi connectivity index (χ3n) is 3.43. The summed E-state index contributed by atoms with van der Waals surface area (Å²) in [5.74, 6) is 4.43. The molecule has 1 fully saturated rings. The lowest BCUT2D eigenvalue weighted by Crippen LogP contribution is -2.25. The molecule has 0 amide bonds. The predicted molar refractivity (Wildman–Crippen MR) is 87.6 cm³/mol. The van der Waals surface area contributed by atoms with Gasteiger partial charge in [-0.15, -0.1) is 0 Å². The van der Waals surface area contributed by atoms with E-state index >= 15 is 0 Å². The first-order valence-corrected chi connectivity index (χ1v) is 10.6. The molecule has 1 rings (SSSR count). The Balaban J connectivity index is 2.40. The molecule has 0 aromatic carbocycles. The maximum atomic E-state index is 11.9. The van der Waals surface area contributed by atoms with Gasteiger partial charge in [0.25, 0.3) is 0 Å². The summed E-state index contributed by atoms with van der Waals surface area (Å²) in [6.45, 7) is 1.72. The van der Waals surface area contributed by atoms with Gasteiger partial charge in [-0.1, -0.05) is 5.87 Å². The topological polar surface area (TPSA) is 94.5 Å². The first-order chi connectivity index (χ1) is 10.3. The van der Waals surface area contributed by atoms with Crippen molar-refractivity contribution in [3.8, 4) is 0 Å². The van der Waals surface area contributed by atoms with Gasteiger partial charge in [0.15, 0.2) is 0 Å². The van der Waals surface area contributed by atoms with Gasteiger partial charge in [0.05, 0.1) is 31.5 Å². The fraction of sp³-hybridized carbons (Fsp3) is 0.923. The second kappa shape index (κ2) is 9.49. The number of phosphoric ester groups is 1. The van der Waals surface area contributed by atoms with Gasteiger partial charge in [-0.05, 0) is 19.6 Å². The average Bonchev–Trinajstić information content (AvgIpc) is 2.81. The van der Waals surface area contributed by atoms with E-state index in [1.165, 1.54) is 7.11 Å². The molecular weight excluding hydrogens is 331 g/mol. The fourth-order valence-electron chi connectivity index (χ4n) is 2.29. The molecule has 0 bridgehead atoms. The highest BCUT2D eigenvalue weighted by atomic mass is 32.2. The molecule has 132 valence electrons. The second-order valence-electron chi connectivity index (χ2n) is 5.53. The molecule has 22 heavy (non-hydrogen) atoms. The molecular formula is C13H27O7PS. The van der Waals surface area contributed by atoms with Crippen molar-refractivity contribution in [3.63, 3.8) is 0 Å². The van der Waals surface area contributed by atoms with Crippen LogP contribution < -0.4 is 0 Å². The standard InChI is InChI=1S/C13H27O7PS/c1-10-5-11(6-14)13(20-10)8-19-21(15,16)18-7-12(17-2)9-22(3)4/h10-14H,3,5-9H2,1-2,4H3,(H,15,16)/t10-,11+,12?,13+,22?/m0/s1. The van der Waals surface area contributed by atoms with E-state index in [1.54, 1.807) is 0 Å². The molecule has 0 aromatic heterocycles. The van der Waals surface area contributed by atoms with Crippen LogP contribution in [0.4, 0.5) is 0 Å².